The second-order valence-corrected chi connectivity index (χ2v) is 3.81. The number of benzene rings is 1. The van der Waals surface area contributed by atoms with Crippen molar-refractivity contribution in [2.75, 3.05) is 14.2 Å². The zero-order valence-corrected chi connectivity index (χ0v) is 10.5. The van der Waals surface area contributed by atoms with Gasteiger partial charge in [-0.3, -0.25) is 4.98 Å². The molecule has 2 N–H and O–H groups in total. The smallest absolute Gasteiger partial charge is 0.161 e. The quantitative estimate of drug-likeness (QED) is 0.896. The Morgan fingerprint density at radius 2 is 1.72 bits per heavy atom. The minimum absolute atomic E-state index is 0.451. The summed E-state index contributed by atoms with van der Waals surface area (Å²) in [6.07, 6.45) is 1.81. The summed E-state index contributed by atoms with van der Waals surface area (Å²) in [6.45, 7) is 0.451. The molecule has 4 nitrogen and oxygen atoms in total. The monoisotopic (exact) mass is 244 g/mol. The van der Waals surface area contributed by atoms with Crippen molar-refractivity contribution in [3.05, 3.63) is 42.2 Å². The Labute approximate surface area is 106 Å². The molecule has 94 valence electrons. The van der Waals surface area contributed by atoms with Gasteiger partial charge in [0.1, 0.15) is 0 Å². The van der Waals surface area contributed by atoms with Crippen molar-refractivity contribution in [3.8, 4) is 22.6 Å². The van der Waals surface area contributed by atoms with Crippen molar-refractivity contribution < 1.29 is 9.47 Å². The molecule has 0 fully saturated rings. The Hall–Kier alpha value is -2.07. The van der Waals surface area contributed by atoms with Gasteiger partial charge in [0.05, 0.1) is 19.9 Å². The van der Waals surface area contributed by atoms with Crippen molar-refractivity contribution in [1.29, 1.82) is 0 Å². The highest BCUT2D eigenvalue weighted by molar-refractivity contribution is 5.66. The Balaban J connectivity index is 2.37. The van der Waals surface area contributed by atoms with Gasteiger partial charge in [-0.05, 0) is 23.8 Å². The number of hydrogen-bond donors (Lipinski definition) is 1. The van der Waals surface area contributed by atoms with Gasteiger partial charge in [0, 0.05) is 18.3 Å². The molecule has 1 heterocycles. The van der Waals surface area contributed by atoms with Gasteiger partial charge in [-0.15, -0.1) is 0 Å². The molecule has 0 aliphatic heterocycles. The SMILES string of the molecule is COc1ccc(-c2ccc(CN)nc2)cc1OC. The van der Waals surface area contributed by atoms with Crippen LogP contribution in [0.1, 0.15) is 5.69 Å². The van der Waals surface area contributed by atoms with Gasteiger partial charge in [0.15, 0.2) is 11.5 Å². The maximum Gasteiger partial charge on any atom is 0.161 e. The molecular formula is C14H16N2O2. The largest absolute Gasteiger partial charge is 0.493 e. The molecule has 0 spiro atoms. The normalized spacial score (nSPS) is 10.2. The molecule has 0 atom stereocenters. The zero-order valence-electron chi connectivity index (χ0n) is 10.5. The van der Waals surface area contributed by atoms with E-state index in [9.17, 15) is 0 Å². The number of ether oxygens (including phenoxy) is 2. The van der Waals surface area contributed by atoms with Gasteiger partial charge in [-0.2, -0.15) is 0 Å². The zero-order chi connectivity index (χ0) is 13.0. The van der Waals surface area contributed by atoms with Crippen LogP contribution >= 0.6 is 0 Å². The standard InChI is InChI=1S/C14H16N2O2/c1-17-13-6-4-10(7-14(13)18-2)11-3-5-12(8-15)16-9-11/h3-7,9H,8,15H2,1-2H3. The summed E-state index contributed by atoms with van der Waals surface area (Å²) >= 11 is 0. The van der Waals surface area contributed by atoms with E-state index >= 15 is 0 Å². The molecule has 2 rings (SSSR count). The summed E-state index contributed by atoms with van der Waals surface area (Å²) in [6, 6.07) is 9.70. The molecule has 1 aromatic carbocycles. The first-order chi connectivity index (χ1) is 8.78. The van der Waals surface area contributed by atoms with Gasteiger partial charge in [0.25, 0.3) is 0 Å². The van der Waals surface area contributed by atoms with E-state index in [-0.39, 0.29) is 0 Å². The Kier molecular flexibility index (Phi) is 3.79. The van der Waals surface area contributed by atoms with Crippen LogP contribution in [-0.4, -0.2) is 19.2 Å². The first kappa shape index (κ1) is 12.4. The third kappa shape index (κ3) is 2.43. The van der Waals surface area contributed by atoms with E-state index in [4.69, 9.17) is 15.2 Å². The maximum absolute atomic E-state index is 5.52. The number of hydrogen-bond acceptors (Lipinski definition) is 4. The summed E-state index contributed by atoms with van der Waals surface area (Å²) in [5.74, 6) is 1.42. The Morgan fingerprint density at radius 3 is 2.28 bits per heavy atom. The molecule has 2 aromatic rings. The van der Waals surface area contributed by atoms with Crippen LogP contribution in [-0.2, 0) is 6.54 Å². The van der Waals surface area contributed by atoms with Crippen LogP contribution in [0.4, 0.5) is 0 Å². The maximum atomic E-state index is 5.52. The van der Waals surface area contributed by atoms with Crippen LogP contribution in [0.2, 0.25) is 0 Å². The van der Waals surface area contributed by atoms with Crippen molar-refractivity contribution in [3.63, 3.8) is 0 Å². The predicted octanol–water partition coefficient (Wildman–Crippen LogP) is 2.22. The number of methoxy groups -OCH3 is 2. The topological polar surface area (TPSA) is 57.4 Å². The molecule has 0 aliphatic carbocycles. The summed E-state index contributed by atoms with van der Waals surface area (Å²) in [5.41, 5.74) is 8.45. The number of rotatable bonds is 4. The summed E-state index contributed by atoms with van der Waals surface area (Å²) in [7, 11) is 3.24. The van der Waals surface area contributed by atoms with E-state index in [1.807, 2.05) is 36.5 Å². The van der Waals surface area contributed by atoms with Crippen LogP contribution in [0.3, 0.4) is 0 Å². The molecule has 1 aromatic heterocycles. The van der Waals surface area contributed by atoms with E-state index in [1.54, 1.807) is 14.2 Å². The van der Waals surface area contributed by atoms with E-state index in [0.717, 1.165) is 16.8 Å². The summed E-state index contributed by atoms with van der Waals surface area (Å²) < 4.78 is 10.5. The molecule has 0 bridgehead atoms. The highest BCUT2D eigenvalue weighted by Gasteiger charge is 2.06. The lowest BCUT2D eigenvalue weighted by atomic mass is 10.1. The third-order valence-corrected chi connectivity index (χ3v) is 2.75. The molecule has 0 saturated heterocycles. The minimum atomic E-state index is 0.451. The number of pyridine rings is 1. The van der Waals surface area contributed by atoms with Crippen LogP contribution in [0.15, 0.2) is 36.5 Å². The Bertz CT molecular complexity index is 524. The molecule has 0 amide bonds. The van der Waals surface area contributed by atoms with Crippen molar-refractivity contribution >= 4 is 0 Å². The van der Waals surface area contributed by atoms with Gasteiger partial charge in [0.2, 0.25) is 0 Å². The van der Waals surface area contributed by atoms with E-state index in [2.05, 4.69) is 4.98 Å². The lowest BCUT2D eigenvalue weighted by Gasteiger charge is -2.09. The lowest BCUT2D eigenvalue weighted by molar-refractivity contribution is 0.355. The average molecular weight is 244 g/mol. The van der Waals surface area contributed by atoms with Gasteiger partial charge < -0.3 is 15.2 Å². The number of aromatic nitrogens is 1. The first-order valence-corrected chi connectivity index (χ1v) is 5.66. The fraction of sp³-hybridized carbons (Fsp3) is 0.214. The highest BCUT2D eigenvalue weighted by atomic mass is 16.5. The number of nitrogens with two attached hydrogens (primary N) is 1. The van der Waals surface area contributed by atoms with Gasteiger partial charge in [-0.25, -0.2) is 0 Å². The van der Waals surface area contributed by atoms with Crippen molar-refractivity contribution in [1.82, 2.24) is 4.98 Å². The molecular weight excluding hydrogens is 228 g/mol. The predicted molar refractivity (Wildman–Crippen MR) is 70.7 cm³/mol. The molecule has 0 saturated carbocycles. The molecule has 0 aliphatic rings. The van der Waals surface area contributed by atoms with Crippen LogP contribution in [0, 0.1) is 0 Å². The van der Waals surface area contributed by atoms with Crippen molar-refractivity contribution in [2.24, 2.45) is 5.73 Å². The molecule has 0 radical (unpaired) electrons. The summed E-state index contributed by atoms with van der Waals surface area (Å²) in [5, 5.41) is 0. The van der Waals surface area contributed by atoms with E-state index in [0.29, 0.717) is 18.0 Å². The Morgan fingerprint density at radius 1 is 1.00 bits per heavy atom. The number of nitrogens with zero attached hydrogens (tertiary/aromatic N) is 1. The second-order valence-electron chi connectivity index (χ2n) is 3.81. The lowest BCUT2D eigenvalue weighted by Crippen LogP contribution is -1.98. The average Bonchev–Trinajstić information content (AvgIpc) is 2.46. The summed E-state index contributed by atoms with van der Waals surface area (Å²) in [4.78, 5) is 4.27. The van der Waals surface area contributed by atoms with Gasteiger partial charge in [-0.1, -0.05) is 12.1 Å². The fourth-order valence-corrected chi connectivity index (χ4v) is 1.73. The van der Waals surface area contributed by atoms with Crippen molar-refractivity contribution in [2.45, 2.75) is 6.54 Å². The minimum Gasteiger partial charge on any atom is -0.493 e. The van der Waals surface area contributed by atoms with Gasteiger partial charge >= 0.3 is 0 Å². The molecule has 0 unspecified atom stereocenters. The third-order valence-electron chi connectivity index (χ3n) is 2.75. The highest BCUT2D eigenvalue weighted by Crippen LogP contribution is 2.31. The molecule has 4 heteroatoms. The van der Waals surface area contributed by atoms with E-state index < -0.39 is 0 Å². The van der Waals surface area contributed by atoms with Crippen LogP contribution < -0.4 is 15.2 Å². The van der Waals surface area contributed by atoms with E-state index in [1.165, 1.54) is 0 Å². The second kappa shape index (κ2) is 5.51. The van der Waals surface area contributed by atoms with Crippen LogP contribution in [0.25, 0.3) is 11.1 Å². The fourth-order valence-electron chi connectivity index (χ4n) is 1.73. The first-order valence-electron chi connectivity index (χ1n) is 5.66. The molecule has 18 heavy (non-hydrogen) atoms. The van der Waals surface area contributed by atoms with Crippen LogP contribution in [0.5, 0.6) is 11.5 Å².